The molecule has 0 saturated heterocycles. The fourth-order valence-corrected chi connectivity index (χ4v) is 2.25. The van der Waals surface area contributed by atoms with E-state index in [2.05, 4.69) is 10.9 Å². The first-order valence-corrected chi connectivity index (χ1v) is 6.62. The number of hydrogen-bond acceptors (Lipinski definition) is 3. The molecule has 6 nitrogen and oxygen atoms in total. The minimum Gasteiger partial charge on any atom is -0.481 e. The molecule has 0 radical (unpaired) electrons. The maximum atomic E-state index is 12.0. The maximum Gasteiger partial charge on any atom is 0.307 e. The molecule has 110 valence electrons. The van der Waals surface area contributed by atoms with Crippen LogP contribution in [0.3, 0.4) is 0 Å². The molecule has 0 unspecified atom stereocenters. The van der Waals surface area contributed by atoms with Gasteiger partial charge in [-0.15, -0.1) is 0 Å². The van der Waals surface area contributed by atoms with Crippen molar-refractivity contribution in [1.29, 1.82) is 0 Å². The number of aliphatic carboxylic acids is 1. The molecule has 2 rings (SSSR count). The minimum absolute atomic E-state index is 0.319. The van der Waals surface area contributed by atoms with Crippen molar-refractivity contribution < 1.29 is 19.5 Å². The Bertz CT molecular complexity index is 568. The first-order chi connectivity index (χ1) is 10.1. The van der Waals surface area contributed by atoms with Crippen molar-refractivity contribution in [2.24, 2.45) is 11.8 Å². The molecule has 0 fully saturated rings. The van der Waals surface area contributed by atoms with Crippen molar-refractivity contribution in [2.45, 2.75) is 12.8 Å². The van der Waals surface area contributed by atoms with Crippen molar-refractivity contribution in [2.75, 3.05) is 0 Å². The average Bonchev–Trinajstić information content (AvgIpc) is 2.53. The lowest BCUT2D eigenvalue weighted by Crippen LogP contribution is -2.47. The van der Waals surface area contributed by atoms with Gasteiger partial charge >= 0.3 is 5.97 Å². The van der Waals surface area contributed by atoms with Crippen LogP contribution in [0.4, 0.5) is 0 Å². The van der Waals surface area contributed by atoms with Crippen LogP contribution >= 0.6 is 0 Å². The van der Waals surface area contributed by atoms with Crippen molar-refractivity contribution >= 4 is 17.8 Å². The van der Waals surface area contributed by atoms with Gasteiger partial charge in [-0.1, -0.05) is 30.4 Å². The van der Waals surface area contributed by atoms with Crippen LogP contribution in [0, 0.1) is 11.8 Å². The summed E-state index contributed by atoms with van der Waals surface area (Å²) in [7, 11) is 0. The molecule has 0 aliphatic heterocycles. The second-order valence-electron chi connectivity index (χ2n) is 4.80. The number of hydrogen-bond donors (Lipinski definition) is 3. The monoisotopic (exact) mass is 288 g/mol. The molecule has 1 aliphatic rings. The molecule has 1 aliphatic carbocycles. The van der Waals surface area contributed by atoms with E-state index in [4.69, 9.17) is 5.11 Å². The van der Waals surface area contributed by atoms with Gasteiger partial charge in [-0.3, -0.25) is 25.2 Å². The van der Waals surface area contributed by atoms with Crippen LogP contribution in [-0.2, 0) is 9.59 Å². The van der Waals surface area contributed by atoms with Crippen LogP contribution < -0.4 is 10.9 Å². The van der Waals surface area contributed by atoms with Gasteiger partial charge in [0.1, 0.15) is 0 Å². The third kappa shape index (κ3) is 3.68. The number of benzene rings is 1. The predicted molar refractivity (Wildman–Crippen MR) is 75.0 cm³/mol. The molecule has 0 bridgehead atoms. The fraction of sp³-hybridized carbons (Fsp3) is 0.267. The summed E-state index contributed by atoms with van der Waals surface area (Å²) in [5.41, 5.74) is 5.01. The molecule has 0 heterocycles. The Kier molecular flexibility index (Phi) is 4.71. The Balaban J connectivity index is 1.94. The lowest BCUT2D eigenvalue weighted by molar-refractivity contribution is -0.147. The molecule has 3 N–H and O–H groups in total. The summed E-state index contributed by atoms with van der Waals surface area (Å²) in [6, 6.07) is 8.43. The molecule has 0 aromatic heterocycles. The number of carboxylic acids is 1. The van der Waals surface area contributed by atoms with E-state index in [0.29, 0.717) is 18.4 Å². The number of carbonyl (C=O) groups excluding carboxylic acids is 2. The van der Waals surface area contributed by atoms with Crippen LogP contribution in [0.2, 0.25) is 0 Å². The smallest absolute Gasteiger partial charge is 0.307 e. The number of carbonyl (C=O) groups is 3. The molecule has 1 aromatic rings. The maximum absolute atomic E-state index is 12.0. The third-order valence-electron chi connectivity index (χ3n) is 3.42. The van der Waals surface area contributed by atoms with E-state index >= 15 is 0 Å². The zero-order valence-electron chi connectivity index (χ0n) is 11.3. The molecule has 6 heteroatoms. The fourth-order valence-electron chi connectivity index (χ4n) is 2.25. The summed E-state index contributed by atoms with van der Waals surface area (Å²) < 4.78 is 0. The summed E-state index contributed by atoms with van der Waals surface area (Å²) in [5.74, 6) is -3.38. The van der Waals surface area contributed by atoms with Crippen molar-refractivity contribution in [3.05, 3.63) is 48.0 Å². The largest absolute Gasteiger partial charge is 0.481 e. The van der Waals surface area contributed by atoms with E-state index in [1.54, 1.807) is 42.5 Å². The highest BCUT2D eigenvalue weighted by molar-refractivity contribution is 5.95. The van der Waals surface area contributed by atoms with Gasteiger partial charge in [-0.05, 0) is 25.0 Å². The Labute approximate surface area is 121 Å². The van der Waals surface area contributed by atoms with Gasteiger partial charge in [0.2, 0.25) is 5.91 Å². The Morgan fingerprint density at radius 3 is 2.19 bits per heavy atom. The zero-order chi connectivity index (χ0) is 15.2. The van der Waals surface area contributed by atoms with E-state index in [1.165, 1.54) is 0 Å². The van der Waals surface area contributed by atoms with Gasteiger partial charge < -0.3 is 5.11 Å². The third-order valence-corrected chi connectivity index (χ3v) is 3.42. The number of rotatable bonds is 3. The molecular weight excluding hydrogens is 272 g/mol. The van der Waals surface area contributed by atoms with Gasteiger partial charge in [0.15, 0.2) is 0 Å². The van der Waals surface area contributed by atoms with Crippen LogP contribution in [0.1, 0.15) is 23.2 Å². The number of allylic oxidation sites excluding steroid dienone is 2. The van der Waals surface area contributed by atoms with E-state index in [-0.39, 0.29) is 0 Å². The summed E-state index contributed by atoms with van der Waals surface area (Å²) in [6.07, 6.45) is 4.21. The molecule has 0 spiro atoms. The predicted octanol–water partition coefficient (Wildman–Crippen LogP) is 1.11. The second kappa shape index (κ2) is 6.69. The highest BCUT2D eigenvalue weighted by Crippen LogP contribution is 2.25. The van der Waals surface area contributed by atoms with Crippen LogP contribution in [0.25, 0.3) is 0 Å². The molecule has 2 amide bonds. The van der Waals surface area contributed by atoms with Gasteiger partial charge in [-0.2, -0.15) is 0 Å². The second-order valence-corrected chi connectivity index (χ2v) is 4.80. The first-order valence-electron chi connectivity index (χ1n) is 6.62. The minimum atomic E-state index is -1.01. The zero-order valence-corrected chi connectivity index (χ0v) is 11.3. The molecule has 0 saturated carbocycles. The van der Waals surface area contributed by atoms with Crippen molar-refractivity contribution in [3.8, 4) is 0 Å². The first kappa shape index (κ1) is 14.8. The summed E-state index contributed by atoms with van der Waals surface area (Å²) >= 11 is 0. The lowest BCUT2D eigenvalue weighted by atomic mass is 9.82. The summed E-state index contributed by atoms with van der Waals surface area (Å²) in [6.45, 7) is 0. The Morgan fingerprint density at radius 2 is 1.57 bits per heavy atom. The van der Waals surface area contributed by atoms with Crippen LogP contribution in [0.5, 0.6) is 0 Å². The summed E-state index contributed by atoms with van der Waals surface area (Å²) in [4.78, 5) is 34.9. The normalized spacial score (nSPS) is 20.6. The number of hydrazine groups is 1. The topological polar surface area (TPSA) is 95.5 Å². The molecule has 1 aromatic carbocycles. The average molecular weight is 288 g/mol. The van der Waals surface area contributed by atoms with Gasteiger partial charge in [0, 0.05) is 5.56 Å². The Hall–Kier alpha value is -2.63. The van der Waals surface area contributed by atoms with Gasteiger partial charge in [0.25, 0.3) is 5.91 Å². The van der Waals surface area contributed by atoms with Crippen LogP contribution in [-0.4, -0.2) is 22.9 Å². The molecular formula is C15H16N2O4. The highest BCUT2D eigenvalue weighted by atomic mass is 16.4. The van der Waals surface area contributed by atoms with Crippen molar-refractivity contribution in [1.82, 2.24) is 10.9 Å². The Morgan fingerprint density at radius 1 is 0.952 bits per heavy atom. The van der Waals surface area contributed by atoms with E-state index in [9.17, 15) is 14.4 Å². The van der Waals surface area contributed by atoms with Gasteiger partial charge in [0.05, 0.1) is 11.8 Å². The highest BCUT2D eigenvalue weighted by Gasteiger charge is 2.34. The van der Waals surface area contributed by atoms with E-state index < -0.39 is 29.6 Å². The molecule has 2 atom stereocenters. The van der Waals surface area contributed by atoms with Gasteiger partial charge in [-0.25, -0.2) is 0 Å². The standard InChI is InChI=1S/C15H16N2O4/c18-13(10-6-2-1-3-7-10)16-17-14(19)11-8-4-5-9-12(11)15(20)21/h1-7,11-12H,8-9H2,(H,16,18)(H,17,19)(H,20,21)/t11-,12+/m0/s1. The SMILES string of the molecule is O=C(NNC(=O)[C@H]1CC=CC[C@H]1C(=O)O)c1ccccc1. The molecule has 21 heavy (non-hydrogen) atoms. The summed E-state index contributed by atoms with van der Waals surface area (Å²) in [5, 5.41) is 9.11. The quantitative estimate of drug-likeness (QED) is 0.573. The van der Waals surface area contributed by atoms with E-state index in [0.717, 1.165) is 0 Å². The number of amides is 2. The number of carboxylic acid groups (broad SMARTS) is 1. The van der Waals surface area contributed by atoms with Crippen LogP contribution in [0.15, 0.2) is 42.5 Å². The van der Waals surface area contributed by atoms with E-state index in [1.807, 2.05) is 0 Å². The van der Waals surface area contributed by atoms with Crippen molar-refractivity contribution in [3.63, 3.8) is 0 Å². The number of nitrogens with one attached hydrogen (secondary N) is 2. The lowest BCUT2D eigenvalue weighted by Gasteiger charge is -2.24.